The van der Waals surface area contributed by atoms with Crippen LogP contribution in [0.15, 0.2) is 24.3 Å². The molecule has 1 unspecified atom stereocenters. The first-order valence-corrected chi connectivity index (χ1v) is 8.51. The second-order valence-electron chi connectivity index (χ2n) is 5.00. The van der Waals surface area contributed by atoms with E-state index in [0.717, 1.165) is 12.0 Å². The molecule has 0 radical (unpaired) electrons. The van der Waals surface area contributed by atoms with Crippen LogP contribution in [0.2, 0.25) is 0 Å². The zero-order valence-corrected chi connectivity index (χ0v) is 12.7. The Morgan fingerprint density at radius 1 is 1.26 bits per heavy atom. The average Bonchev–Trinajstić information content (AvgIpc) is 2.35. The minimum atomic E-state index is -2.95. The zero-order valence-electron chi connectivity index (χ0n) is 11.8. The van der Waals surface area contributed by atoms with Crippen molar-refractivity contribution in [1.82, 2.24) is 4.90 Å². The van der Waals surface area contributed by atoms with Gasteiger partial charge in [0, 0.05) is 19.3 Å². The van der Waals surface area contributed by atoms with E-state index >= 15 is 0 Å². The molecule has 19 heavy (non-hydrogen) atoms. The first-order chi connectivity index (χ1) is 8.81. The zero-order chi connectivity index (χ0) is 14.5. The third kappa shape index (κ3) is 6.18. The monoisotopic (exact) mass is 285 g/mol. The van der Waals surface area contributed by atoms with Crippen molar-refractivity contribution < 1.29 is 13.5 Å². The Labute approximate surface area is 116 Å². The van der Waals surface area contributed by atoms with Gasteiger partial charge in [-0.25, -0.2) is 8.42 Å². The van der Waals surface area contributed by atoms with Crippen LogP contribution in [-0.4, -0.2) is 50.6 Å². The number of aliphatic hydroxyl groups excluding tert-OH is 1. The lowest BCUT2D eigenvalue weighted by atomic mass is 10.1. The summed E-state index contributed by atoms with van der Waals surface area (Å²) >= 11 is 0. The minimum absolute atomic E-state index is 0.116. The van der Waals surface area contributed by atoms with Gasteiger partial charge in [-0.15, -0.1) is 0 Å². The molecule has 0 aliphatic heterocycles. The maximum atomic E-state index is 11.1. The second kappa shape index (κ2) is 7.03. The van der Waals surface area contributed by atoms with Crippen molar-refractivity contribution in [1.29, 1.82) is 0 Å². The molecule has 1 rings (SSSR count). The highest BCUT2D eigenvalue weighted by molar-refractivity contribution is 7.90. The summed E-state index contributed by atoms with van der Waals surface area (Å²) in [5.41, 5.74) is 2.10. The highest BCUT2D eigenvalue weighted by Crippen LogP contribution is 2.15. The molecule has 0 heterocycles. The van der Waals surface area contributed by atoms with E-state index in [1.165, 1.54) is 11.8 Å². The van der Waals surface area contributed by atoms with Crippen LogP contribution in [0, 0.1) is 0 Å². The lowest BCUT2D eigenvalue weighted by Gasteiger charge is -2.20. The van der Waals surface area contributed by atoms with Gasteiger partial charge in [0.2, 0.25) is 0 Å². The van der Waals surface area contributed by atoms with Gasteiger partial charge in [-0.05, 0) is 24.6 Å². The van der Waals surface area contributed by atoms with E-state index in [0.29, 0.717) is 13.1 Å². The highest BCUT2D eigenvalue weighted by atomic mass is 32.2. The van der Waals surface area contributed by atoms with Crippen LogP contribution in [0.4, 0.5) is 0 Å². The van der Waals surface area contributed by atoms with Gasteiger partial charge < -0.3 is 10.0 Å². The number of aliphatic hydroxyl groups is 1. The summed E-state index contributed by atoms with van der Waals surface area (Å²) in [4.78, 5) is 1.83. The Balaban J connectivity index is 2.51. The number of hydrogen-bond acceptors (Lipinski definition) is 4. The Hall–Kier alpha value is -0.910. The Morgan fingerprint density at radius 2 is 1.84 bits per heavy atom. The molecule has 0 aromatic heterocycles. The molecule has 0 saturated heterocycles. The summed E-state index contributed by atoms with van der Waals surface area (Å²) in [6.45, 7) is 2.95. The molecule has 0 saturated carbocycles. The maximum absolute atomic E-state index is 11.1. The quantitative estimate of drug-likeness (QED) is 0.819. The fourth-order valence-electron chi connectivity index (χ4n) is 1.79. The molecule has 0 fully saturated rings. The van der Waals surface area contributed by atoms with Crippen LogP contribution in [0.25, 0.3) is 0 Å². The van der Waals surface area contributed by atoms with E-state index in [2.05, 4.69) is 6.92 Å². The number of likely N-dealkylation sites (N-methyl/N-ethyl adjacent to an activating group) is 1. The molecule has 1 N–H and O–H groups in total. The second-order valence-corrected chi connectivity index (χ2v) is 7.26. The van der Waals surface area contributed by atoms with E-state index in [4.69, 9.17) is 0 Å². The molecule has 5 heteroatoms. The number of aryl methyl sites for hydroxylation is 1. The summed E-state index contributed by atoms with van der Waals surface area (Å²) in [5.74, 6) is 0.116. The van der Waals surface area contributed by atoms with Crippen LogP contribution in [0.1, 0.15) is 24.2 Å². The van der Waals surface area contributed by atoms with Gasteiger partial charge in [-0.1, -0.05) is 31.2 Å². The van der Waals surface area contributed by atoms with Crippen molar-refractivity contribution >= 4 is 9.84 Å². The van der Waals surface area contributed by atoms with Crippen molar-refractivity contribution in [2.75, 3.05) is 32.1 Å². The maximum Gasteiger partial charge on any atom is 0.148 e. The normalized spacial score (nSPS) is 13.7. The molecule has 108 valence electrons. The van der Waals surface area contributed by atoms with E-state index in [1.54, 1.807) is 0 Å². The van der Waals surface area contributed by atoms with E-state index in [-0.39, 0.29) is 5.75 Å². The first-order valence-electron chi connectivity index (χ1n) is 6.45. The third-order valence-electron chi connectivity index (χ3n) is 3.10. The molecule has 1 aromatic carbocycles. The van der Waals surface area contributed by atoms with Gasteiger partial charge in [-0.2, -0.15) is 0 Å². The molecular formula is C14H23NO3S. The predicted octanol–water partition coefficient (Wildman–Crippen LogP) is 1.26. The van der Waals surface area contributed by atoms with E-state index in [9.17, 15) is 13.5 Å². The predicted molar refractivity (Wildman–Crippen MR) is 78.0 cm³/mol. The SMILES string of the molecule is CCc1ccc(C(O)CN(C)CCS(C)(=O)=O)cc1. The first kappa shape index (κ1) is 16.1. The summed E-state index contributed by atoms with van der Waals surface area (Å²) in [6, 6.07) is 7.87. The number of sulfone groups is 1. The van der Waals surface area contributed by atoms with Gasteiger partial charge in [0.1, 0.15) is 9.84 Å². The fourth-order valence-corrected chi connectivity index (χ4v) is 2.43. The standard InChI is InChI=1S/C14H23NO3S/c1-4-12-5-7-13(8-6-12)14(16)11-15(2)9-10-19(3,17)18/h5-8,14,16H,4,9-11H2,1-3H3. The van der Waals surface area contributed by atoms with Gasteiger partial charge in [0.25, 0.3) is 0 Å². The fraction of sp³-hybridized carbons (Fsp3) is 0.571. The molecule has 0 spiro atoms. The topological polar surface area (TPSA) is 57.6 Å². The smallest absolute Gasteiger partial charge is 0.148 e. The number of nitrogens with zero attached hydrogens (tertiary/aromatic N) is 1. The Kier molecular flexibility index (Phi) is 5.97. The number of rotatable bonds is 7. The van der Waals surface area contributed by atoms with Crippen LogP contribution >= 0.6 is 0 Å². The Morgan fingerprint density at radius 3 is 2.32 bits per heavy atom. The molecule has 0 amide bonds. The van der Waals surface area contributed by atoms with E-state index < -0.39 is 15.9 Å². The lowest BCUT2D eigenvalue weighted by molar-refractivity contribution is 0.130. The van der Waals surface area contributed by atoms with Crippen molar-refractivity contribution in [3.05, 3.63) is 35.4 Å². The lowest BCUT2D eigenvalue weighted by Crippen LogP contribution is -2.29. The van der Waals surface area contributed by atoms with Gasteiger partial charge in [0.05, 0.1) is 11.9 Å². The van der Waals surface area contributed by atoms with Crippen LogP contribution in [-0.2, 0) is 16.3 Å². The summed E-state index contributed by atoms with van der Waals surface area (Å²) in [5, 5.41) is 10.1. The highest BCUT2D eigenvalue weighted by Gasteiger charge is 2.12. The molecule has 0 aliphatic rings. The van der Waals surface area contributed by atoms with Crippen molar-refractivity contribution in [2.24, 2.45) is 0 Å². The van der Waals surface area contributed by atoms with E-state index in [1.807, 2.05) is 36.2 Å². The molecule has 1 atom stereocenters. The van der Waals surface area contributed by atoms with Gasteiger partial charge in [0.15, 0.2) is 0 Å². The summed E-state index contributed by atoms with van der Waals surface area (Å²) < 4.78 is 22.1. The van der Waals surface area contributed by atoms with Crippen molar-refractivity contribution in [3.8, 4) is 0 Å². The van der Waals surface area contributed by atoms with Gasteiger partial charge >= 0.3 is 0 Å². The summed E-state index contributed by atoms with van der Waals surface area (Å²) in [6.07, 6.45) is 1.61. The molecule has 0 bridgehead atoms. The average molecular weight is 285 g/mol. The van der Waals surface area contributed by atoms with Crippen molar-refractivity contribution in [3.63, 3.8) is 0 Å². The third-order valence-corrected chi connectivity index (χ3v) is 4.03. The van der Waals surface area contributed by atoms with Gasteiger partial charge in [-0.3, -0.25) is 0 Å². The molecular weight excluding hydrogens is 262 g/mol. The number of hydrogen-bond donors (Lipinski definition) is 1. The van der Waals surface area contributed by atoms with Crippen LogP contribution < -0.4 is 0 Å². The minimum Gasteiger partial charge on any atom is -0.387 e. The summed E-state index contributed by atoms with van der Waals surface area (Å²) in [7, 11) is -1.14. The Bertz CT molecular complexity index is 482. The van der Waals surface area contributed by atoms with Crippen molar-refractivity contribution in [2.45, 2.75) is 19.4 Å². The van der Waals surface area contributed by atoms with Crippen LogP contribution in [0.3, 0.4) is 0 Å². The number of benzene rings is 1. The molecule has 0 aliphatic carbocycles. The van der Waals surface area contributed by atoms with Crippen LogP contribution in [0.5, 0.6) is 0 Å². The largest absolute Gasteiger partial charge is 0.387 e. The molecule has 4 nitrogen and oxygen atoms in total. The molecule has 1 aromatic rings.